The molecule has 8 nitrogen and oxygen atoms in total. The maximum absolute atomic E-state index is 12.3. The Morgan fingerprint density at radius 1 is 1.06 bits per heavy atom. The van der Waals surface area contributed by atoms with E-state index in [1.54, 1.807) is 6.20 Å². The van der Waals surface area contributed by atoms with E-state index in [0.29, 0.717) is 23.3 Å². The molecule has 0 spiro atoms. The Morgan fingerprint density at radius 2 is 1.88 bits per heavy atom. The van der Waals surface area contributed by atoms with Gasteiger partial charge in [-0.25, -0.2) is 9.97 Å². The summed E-state index contributed by atoms with van der Waals surface area (Å²) in [7, 11) is 0. The zero-order valence-corrected chi connectivity index (χ0v) is 18.6. The second kappa shape index (κ2) is 8.26. The lowest BCUT2D eigenvalue weighted by Gasteiger charge is -2.36. The third-order valence-electron chi connectivity index (χ3n) is 6.78. The lowest BCUT2D eigenvalue weighted by molar-refractivity contribution is 0.0946. The molecule has 1 aromatic carbocycles. The number of hydrogen-bond acceptors (Lipinski definition) is 6. The van der Waals surface area contributed by atoms with Crippen molar-refractivity contribution in [3.8, 4) is 0 Å². The van der Waals surface area contributed by atoms with Crippen LogP contribution in [0.4, 0.5) is 5.69 Å². The number of anilines is 1. The lowest BCUT2D eigenvalue weighted by atomic mass is 10.1. The van der Waals surface area contributed by atoms with Crippen molar-refractivity contribution < 1.29 is 4.79 Å². The molecule has 1 saturated heterocycles. The fourth-order valence-corrected chi connectivity index (χ4v) is 4.50. The van der Waals surface area contributed by atoms with Crippen LogP contribution in [-0.2, 0) is 6.54 Å². The van der Waals surface area contributed by atoms with Crippen LogP contribution >= 0.6 is 0 Å². The Morgan fingerprint density at radius 3 is 2.58 bits per heavy atom. The molecule has 2 N–H and O–H groups in total. The summed E-state index contributed by atoms with van der Waals surface area (Å²) in [6.07, 6.45) is 6.09. The molecule has 170 valence electrons. The van der Waals surface area contributed by atoms with E-state index in [9.17, 15) is 9.59 Å². The molecule has 0 radical (unpaired) electrons. The Hall–Kier alpha value is -3.26. The van der Waals surface area contributed by atoms with E-state index in [-0.39, 0.29) is 11.5 Å². The van der Waals surface area contributed by atoms with Crippen LogP contribution in [-0.4, -0.2) is 58.0 Å². The molecule has 3 fully saturated rings. The summed E-state index contributed by atoms with van der Waals surface area (Å²) in [6, 6.07) is 10.3. The molecule has 2 aliphatic carbocycles. The summed E-state index contributed by atoms with van der Waals surface area (Å²) < 4.78 is 0. The average molecular weight is 445 g/mol. The largest absolute Gasteiger partial charge is 0.368 e. The highest BCUT2D eigenvalue weighted by molar-refractivity contribution is 5.92. The quantitative estimate of drug-likeness (QED) is 0.606. The maximum atomic E-state index is 12.3. The number of piperazine rings is 1. The van der Waals surface area contributed by atoms with E-state index in [2.05, 4.69) is 42.2 Å². The second-order valence-electron chi connectivity index (χ2n) is 9.49. The number of aromatic nitrogens is 3. The van der Waals surface area contributed by atoms with E-state index in [0.717, 1.165) is 75.1 Å². The fraction of sp³-hybridized carbons (Fsp3) is 0.440. The molecule has 3 aromatic rings. The highest BCUT2D eigenvalue weighted by atomic mass is 16.2. The minimum atomic E-state index is -0.0791. The van der Waals surface area contributed by atoms with Gasteiger partial charge in [0, 0.05) is 44.7 Å². The topological polar surface area (TPSA) is 94.2 Å². The van der Waals surface area contributed by atoms with E-state index in [1.165, 1.54) is 5.56 Å². The first kappa shape index (κ1) is 20.4. The number of fused-ring (bicyclic) bond motifs is 1. The van der Waals surface area contributed by atoms with Gasteiger partial charge in [0.05, 0.1) is 22.9 Å². The van der Waals surface area contributed by atoms with Gasteiger partial charge in [-0.1, -0.05) is 6.07 Å². The van der Waals surface area contributed by atoms with Crippen molar-refractivity contribution in [2.24, 2.45) is 0 Å². The molecule has 8 heteroatoms. The zero-order chi connectivity index (χ0) is 22.4. The van der Waals surface area contributed by atoms with Gasteiger partial charge in [0.25, 0.3) is 11.5 Å². The van der Waals surface area contributed by atoms with Crippen LogP contribution in [0.5, 0.6) is 0 Å². The molecule has 0 unspecified atom stereocenters. The van der Waals surface area contributed by atoms with Crippen molar-refractivity contribution in [2.75, 3.05) is 31.1 Å². The molecule has 1 aliphatic heterocycles. The van der Waals surface area contributed by atoms with E-state index >= 15 is 0 Å². The number of carbonyl (C=O) groups is 1. The first-order valence-corrected chi connectivity index (χ1v) is 11.9. The minimum Gasteiger partial charge on any atom is -0.368 e. The van der Waals surface area contributed by atoms with Crippen molar-refractivity contribution in [1.29, 1.82) is 0 Å². The predicted octanol–water partition coefficient (Wildman–Crippen LogP) is 2.41. The first-order chi connectivity index (χ1) is 16.1. The molecule has 1 amide bonds. The Labute approximate surface area is 192 Å². The van der Waals surface area contributed by atoms with Crippen LogP contribution in [0.1, 0.15) is 53.3 Å². The molecule has 3 aliphatic rings. The van der Waals surface area contributed by atoms with Gasteiger partial charge in [0.2, 0.25) is 0 Å². The summed E-state index contributed by atoms with van der Waals surface area (Å²) in [6.45, 7) is 4.54. The van der Waals surface area contributed by atoms with Crippen LogP contribution in [0.2, 0.25) is 0 Å². The summed E-state index contributed by atoms with van der Waals surface area (Å²) in [5, 5.41) is 2.98. The van der Waals surface area contributed by atoms with Crippen molar-refractivity contribution in [3.63, 3.8) is 0 Å². The standard InChI is InChI=1S/C25H28N6O2/c32-24(27-18-4-5-18)21-8-6-19(14-26-21)31-11-9-30(10-12-31)15-16-1-7-20-22(13-16)29-25(33)23(28-20)17-2-3-17/h1,6-8,13-14,17-18H,2-5,9-12,15H2,(H,27,32)(H,29,33). The molecule has 3 heterocycles. The van der Waals surface area contributed by atoms with Crippen LogP contribution in [0.25, 0.3) is 11.0 Å². The average Bonchev–Trinajstić information content (AvgIpc) is 3.75. The second-order valence-corrected chi connectivity index (χ2v) is 9.49. The minimum absolute atomic E-state index is 0.0413. The Bertz CT molecular complexity index is 1240. The van der Waals surface area contributed by atoms with Gasteiger partial charge in [-0.2, -0.15) is 0 Å². The number of nitrogens with zero attached hydrogens (tertiary/aromatic N) is 4. The van der Waals surface area contributed by atoms with Crippen LogP contribution in [0, 0.1) is 0 Å². The maximum Gasteiger partial charge on any atom is 0.270 e. The molecule has 0 bridgehead atoms. The summed E-state index contributed by atoms with van der Waals surface area (Å²) in [4.78, 5) is 41.2. The number of amides is 1. The monoisotopic (exact) mass is 444 g/mol. The molecule has 2 aromatic heterocycles. The Balaban J connectivity index is 1.06. The number of carbonyl (C=O) groups excluding carboxylic acids is 1. The van der Waals surface area contributed by atoms with Gasteiger partial charge < -0.3 is 15.2 Å². The number of rotatable bonds is 6. The highest BCUT2D eigenvalue weighted by Gasteiger charge is 2.28. The van der Waals surface area contributed by atoms with Crippen LogP contribution in [0.15, 0.2) is 41.3 Å². The summed E-state index contributed by atoms with van der Waals surface area (Å²) in [5.41, 5.74) is 5.05. The van der Waals surface area contributed by atoms with Crippen LogP contribution < -0.4 is 15.8 Å². The number of aromatic amines is 1. The van der Waals surface area contributed by atoms with Crippen molar-refractivity contribution in [1.82, 2.24) is 25.2 Å². The fourth-order valence-electron chi connectivity index (χ4n) is 4.50. The Kier molecular flexibility index (Phi) is 5.10. The SMILES string of the molecule is O=C(NC1CC1)c1ccc(N2CCN(Cc3ccc4nc(C5CC5)c(=O)[nH]c4c3)CC2)cn1. The molecule has 0 atom stereocenters. The van der Waals surface area contributed by atoms with E-state index < -0.39 is 0 Å². The number of H-pyrrole nitrogens is 1. The molecular weight excluding hydrogens is 416 g/mol. The van der Waals surface area contributed by atoms with Crippen molar-refractivity contribution >= 4 is 22.6 Å². The van der Waals surface area contributed by atoms with E-state index in [4.69, 9.17) is 0 Å². The lowest BCUT2D eigenvalue weighted by Crippen LogP contribution is -2.46. The summed E-state index contributed by atoms with van der Waals surface area (Å²) >= 11 is 0. The zero-order valence-electron chi connectivity index (χ0n) is 18.6. The number of hydrogen-bond donors (Lipinski definition) is 2. The third kappa shape index (κ3) is 4.48. The molecule has 2 saturated carbocycles. The molecule has 6 rings (SSSR count). The molecule has 33 heavy (non-hydrogen) atoms. The normalized spacial score (nSPS) is 19.1. The van der Waals surface area contributed by atoms with Gasteiger partial charge in [0.1, 0.15) is 11.4 Å². The number of benzene rings is 1. The third-order valence-corrected chi connectivity index (χ3v) is 6.78. The van der Waals surface area contributed by atoms with Crippen molar-refractivity contribution in [2.45, 2.75) is 44.2 Å². The number of pyridine rings is 1. The molecular formula is C25H28N6O2. The van der Waals surface area contributed by atoms with Gasteiger partial charge in [-0.05, 0) is 55.5 Å². The predicted molar refractivity (Wildman–Crippen MR) is 127 cm³/mol. The van der Waals surface area contributed by atoms with Gasteiger partial charge in [-0.15, -0.1) is 0 Å². The highest BCUT2D eigenvalue weighted by Crippen LogP contribution is 2.37. The van der Waals surface area contributed by atoms with Crippen molar-refractivity contribution in [3.05, 3.63) is 63.8 Å². The van der Waals surface area contributed by atoms with Gasteiger partial charge in [0.15, 0.2) is 0 Å². The first-order valence-electron chi connectivity index (χ1n) is 11.9. The van der Waals surface area contributed by atoms with Gasteiger partial charge >= 0.3 is 0 Å². The van der Waals surface area contributed by atoms with Crippen LogP contribution in [0.3, 0.4) is 0 Å². The summed E-state index contributed by atoms with van der Waals surface area (Å²) in [5.74, 6) is 0.269. The van der Waals surface area contributed by atoms with Gasteiger partial charge in [-0.3, -0.25) is 14.5 Å². The smallest absolute Gasteiger partial charge is 0.270 e. The van der Waals surface area contributed by atoms with E-state index in [1.807, 2.05) is 18.2 Å². The number of nitrogens with one attached hydrogen (secondary N) is 2.